The van der Waals surface area contributed by atoms with Crippen molar-refractivity contribution in [1.82, 2.24) is 14.5 Å². The summed E-state index contributed by atoms with van der Waals surface area (Å²) in [5.74, 6) is 0.669. The Kier molecular flexibility index (Phi) is 7.18. The molecule has 0 spiro atoms. The number of rotatable bonds is 5. The number of hydrogen-bond donors (Lipinski definition) is 0. The van der Waals surface area contributed by atoms with Crippen LogP contribution >= 0.6 is 0 Å². The molecule has 1 aliphatic carbocycles. The molecule has 0 unspecified atom stereocenters. The van der Waals surface area contributed by atoms with E-state index < -0.39 is 0 Å². The number of fused-ring (bicyclic) bond motifs is 6. The summed E-state index contributed by atoms with van der Waals surface area (Å²) < 4.78 is 2.40. The molecule has 2 aromatic heterocycles. The van der Waals surface area contributed by atoms with Crippen LogP contribution in [0.4, 0.5) is 0 Å². The topological polar surface area (TPSA) is 54.5 Å². The first-order valence-corrected chi connectivity index (χ1v) is 18.3. The Hall–Kier alpha value is -7.09. The Labute approximate surface area is 314 Å². The van der Waals surface area contributed by atoms with Crippen LogP contribution in [0.15, 0.2) is 170 Å². The van der Waals surface area contributed by atoms with Crippen LogP contribution in [0.5, 0.6) is 0 Å². The summed E-state index contributed by atoms with van der Waals surface area (Å²) in [6.45, 7) is 4.68. The molecule has 0 saturated heterocycles. The van der Waals surface area contributed by atoms with E-state index in [1.54, 1.807) is 0 Å². The number of benzene rings is 7. The maximum Gasteiger partial charge on any atom is 0.160 e. The van der Waals surface area contributed by atoms with E-state index in [-0.39, 0.29) is 5.41 Å². The monoisotopic (exact) mass is 690 g/mol. The van der Waals surface area contributed by atoms with Gasteiger partial charge in [-0.3, -0.25) is 0 Å². The first-order chi connectivity index (χ1) is 26.5. The van der Waals surface area contributed by atoms with Gasteiger partial charge in [0.15, 0.2) is 5.82 Å². The Morgan fingerprint density at radius 3 is 1.87 bits per heavy atom. The van der Waals surface area contributed by atoms with Crippen molar-refractivity contribution in [3.05, 3.63) is 187 Å². The first kappa shape index (κ1) is 31.6. The quantitative estimate of drug-likeness (QED) is 0.181. The molecule has 0 fully saturated rings. The van der Waals surface area contributed by atoms with Gasteiger partial charge in [0.05, 0.1) is 34.1 Å². The molecule has 0 saturated carbocycles. The van der Waals surface area contributed by atoms with Crippen molar-refractivity contribution in [1.29, 1.82) is 5.26 Å². The maximum absolute atomic E-state index is 9.23. The van der Waals surface area contributed by atoms with Gasteiger partial charge in [-0.15, -0.1) is 0 Å². The highest BCUT2D eigenvalue weighted by Crippen LogP contribution is 2.51. The minimum atomic E-state index is -0.106. The lowest BCUT2D eigenvalue weighted by molar-refractivity contribution is 0.661. The molecule has 0 aliphatic heterocycles. The van der Waals surface area contributed by atoms with Gasteiger partial charge in [0.1, 0.15) is 0 Å². The van der Waals surface area contributed by atoms with Crippen molar-refractivity contribution in [3.8, 4) is 67.9 Å². The minimum Gasteiger partial charge on any atom is -0.309 e. The summed E-state index contributed by atoms with van der Waals surface area (Å²) in [6.07, 6.45) is 0. The van der Waals surface area contributed by atoms with E-state index in [0.717, 1.165) is 44.9 Å². The molecule has 0 N–H and O–H groups in total. The van der Waals surface area contributed by atoms with E-state index in [0.29, 0.717) is 11.4 Å². The van der Waals surface area contributed by atoms with Crippen LogP contribution in [-0.2, 0) is 5.41 Å². The Bertz CT molecular complexity index is 2950. The average Bonchev–Trinajstić information content (AvgIpc) is 3.68. The van der Waals surface area contributed by atoms with E-state index in [4.69, 9.17) is 9.97 Å². The molecule has 9 aromatic rings. The number of nitrogens with zero attached hydrogens (tertiary/aromatic N) is 4. The second-order valence-electron chi connectivity index (χ2n) is 14.6. The second-order valence-corrected chi connectivity index (χ2v) is 14.6. The Balaban J connectivity index is 1.12. The molecule has 1 aliphatic rings. The molecule has 4 nitrogen and oxygen atoms in total. The predicted molar refractivity (Wildman–Crippen MR) is 220 cm³/mol. The molecule has 4 heteroatoms. The lowest BCUT2D eigenvalue weighted by atomic mass is 9.82. The van der Waals surface area contributed by atoms with Crippen LogP contribution in [0.3, 0.4) is 0 Å². The summed E-state index contributed by atoms with van der Waals surface area (Å²) in [7, 11) is 0. The highest BCUT2D eigenvalue weighted by molar-refractivity contribution is 6.11. The van der Waals surface area contributed by atoms with Crippen molar-refractivity contribution in [3.63, 3.8) is 0 Å². The molecule has 254 valence electrons. The second kappa shape index (κ2) is 12.3. The summed E-state index contributed by atoms with van der Waals surface area (Å²) in [5.41, 5.74) is 16.2. The largest absolute Gasteiger partial charge is 0.309 e. The molecule has 2 heterocycles. The third-order valence-electron chi connectivity index (χ3n) is 11.1. The molecule has 10 rings (SSSR count). The first-order valence-electron chi connectivity index (χ1n) is 18.3. The molecule has 7 aromatic carbocycles. The van der Waals surface area contributed by atoms with Gasteiger partial charge >= 0.3 is 0 Å². The van der Waals surface area contributed by atoms with E-state index >= 15 is 0 Å². The zero-order valence-corrected chi connectivity index (χ0v) is 30.0. The lowest BCUT2D eigenvalue weighted by Crippen LogP contribution is -2.14. The fourth-order valence-electron chi connectivity index (χ4n) is 8.28. The summed E-state index contributed by atoms with van der Waals surface area (Å²) in [5, 5.41) is 11.7. The third-order valence-corrected chi connectivity index (χ3v) is 11.1. The highest BCUT2D eigenvalue weighted by Gasteiger charge is 2.36. The number of para-hydroxylation sites is 1. The fourth-order valence-corrected chi connectivity index (χ4v) is 8.28. The molecule has 54 heavy (non-hydrogen) atoms. The Morgan fingerprint density at radius 1 is 0.481 bits per heavy atom. The minimum absolute atomic E-state index is 0.106. The zero-order chi connectivity index (χ0) is 36.4. The van der Waals surface area contributed by atoms with E-state index in [1.165, 1.54) is 44.1 Å². The van der Waals surface area contributed by atoms with Gasteiger partial charge in [-0.2, -0.15) is 5.26 Å². The van der Waals surface area contributed by atoms with Crippen LogP contribution in [0.1, 0.15) is 30.5 Å². The van der Waals surface area contributed by atoms with Gasteiger partial charge in [0.25, 0.3) is 0 Å². The van der Waals surface area contributed by atoms with Crippen LogP contribution < -0.4 is 0 Å². The van der Waals surface area contributed by atoms with Crippen LogP contribution in [0.2, 0.25) is 0 Å². The Morgan fingerprint density at radius 2 is 1.11 bits per heavy atom. The van der Waals surface area contributed by atoms with Crippen molar-refractivity contribution in [2.24, 2.45) is 0 Å². The summed E-state index contributed by atoms with van der Waals surface area (Å²) in [6, 6.07) is 61.7. The van der Waals surface area contributed by atoms with Gasteiger partial charge in [0.2, 0.25) is 0 Å². The molecule has 0 atom stereocenters. The molecule has 0 amide bonds. The van der Waals surface area contributed by atoms with E-state index in [9.17, 15) is 5.26 Å². The van der Waals surface area contributed by atoms with Gasteiger partial charge in [-0.1, -0.05) is 135 Å². The predicted octanol–water partition coefficient (Wildman–Crippen LogP) is 12.4. The van der Waals surface area contributed by atoms with E-state index in [2.05, 4.69) is 152 Å². The van der Waals surface area contributed by atoms with Crippen molar-refractivity contribution >= 4 is 21.8 Å². The van der Waals surface area contributed by atoms with Crippen LogP contribution in [0.25, 0.3) is 83.6 Å². The maximum atomic E-state index is 9.23. The van der Waals surface area contributed by atoms with Crippen molar-refractivity contribution in [2.45, 2.75) is 19.3 Å². The zero-order valence-electron chi connectivity index (χ0n) is 30.0. The number of hydrogen-bond acceptors (Lipinski definition) is 3. The molecule has 0 bridgehead atoms. The normalized spacial score (nSPS) is 12.8. The average molecular weight is 691 g/mol. The van der Waals surface area contributed by atoms with Gasteiger partial charge in [0, 0.05) is 38.6 Å². The van der Waals surface area contributed by atoms with Gasteiger partial charge < -0.3 is 4.57 Å². The molecule has 0 radical (unpaired) electrons. The van der Waals surface area contributed by atoms with Crippen LogP contribution in [-0.4, -0.2) is 14.5 Å². The van der Waals surface area contributed by atoms with E-state index in [1.807, 2.05) is 42.5 Å². The fraction of sp³-hybridized carbons (Fsp3) is 0.0600. The standard InChI is InChI=1S/C50H34N4/c1-50(2)43-17-8-6-15-39(43)41-28-42-40-16-7-9-18-47(40)54(48(42)29-44(41)50)38-14-10-13-37(27-38)49-52-45(35-11-4-3-5-12-35)30-46(53-49)36-25-23-34(24-26-36)33-21-19-32(31-51)20-22-33/h3-30H,1-2H3. The van der Waals surface area contributed by atoms with Crippen molar-refractivity contribution in [2.75, 3.05) is 0 Å². The highest BCUT2D eigenvalue weighted by atomic mass is 15.0. The van der Waals surface area contributed by atoms with Gasteiger partial charge in [-0.25, -0.2) is 9.97 Å². The summed E-state index contributed by atoms with van der Waals surface area (Å²) >= 11 is 0. The summed E-state index contributed by atoms with van der Waals surface area (Å²) in [4.78, 5) is 10.4. The number of nitriles is 1. The molecular weight excluding hydrogens is 657 g/mol. The SMILES string of the molecule is CC1(C)c2ccccc2-c2cc3c4ccccc4n(-c4cccc(-c5nc(-c6ccccc6)cc(-c6ccc(-c7ccc(C#N)cc7)cc6)n5)c4)c3cc21. The van der Waals surface area contributed by atoms with Crippen LogP contribution in [0, 0.1) is 11.3 Å². The van der Waals surface area contributed by atoms with Gasteiger partial charge in [-0.05, 0) is 81.9 Å². The third kappa shape index (κ3) is 5.05. The lowest BCUT2D eigenvalue weighted by Gasteiger charge is -2.21. The number of aromatic nitrogens is 3. The molecular formula is C50H34N4. The smallest absolute Gasteiger partial charge is 0.160 e. The van der Waals surface area contributed by atoms with Crippen molar-refractivity contribution < 1.29 is 0 Å².